The fourth-order valence-corrected chi connectivity index (χ4v) is 1.13. The topological polar surface area (TPSA) is 40.5 Å². The number of rotatable bonds is 0. The summed E-state index contributed by atoms with van der Waals surface area (Å²) in [5.41, 5.74) is 0. The van der Waals surface area contributed by atoms with Gasteiger partial charge in [-0.25, -0.2) is 0 Å². The molecule has 2 rings (SSSR count). The van der Waals surface area contributed by atoms with E-state index in [1.165, 1.54) is 10.8 Å². The van der Waals surface area contributed by atoms with Gasteiger partial charge in [-0.2, -0.15) is 0 Å². The zero-order chi connectivity index (χ0) is 9.52. The molecule has 0 aliphatic rings. The second-order valence-electron chi connectivity index (χ2n) is 2.49. The first-order valence-corrected chi connectivity index (χ1v) is 4.04. The summed E-state index contributed by atoms with van der Waals surface area (Å²) in [7, 11) is -0.750. The summed E-state index contributed by atoms with van der Waals surface area (Å²) in [6.45, 7) is 0. The van der Waals surface area contributed by atoms with Crippen LogP contribution in [0.4, 0.5) is 0 Å². The fraction of sp³-hybridized carbons (Fsp3) is 0. The minimum absolute atomic E-state index is 0.750. The molecule has 0 radical (unpaired) electrons. The first kappa shape index (κ1) is 9.77. The first-order valence-electron chi connectivity index (χ1n) is 4.04. The summed E-state index contributed by atoms with van der Waals surface area (Å²) in [5.74, 6) is 0. The van der Waals surface area contributed by atoms with Crippen LogP contribution in [0.2, 0.25) is 0 Å². The van der Waals surface area contributed by atoms with E-state index in [9.17, 15) is 0 Å². The largest absolute Gasteiger partial charge is 0.432 e. The first-order chi connectivity index (χ1) is 6.38. The molecule has 0 fully saturated rings. The molecule has 0 amide bonds. The van der Waals surface area contributed by atoms with E-state index in [-0.39, 0.29) is 0 Å². The molecule has 0 aliphatic carbocycles. The Hall–Kier alpha value is -1.32. The van der Waals surface area contributed by atoms with E-state index >= 15 is 0 Å². The van der Waals surface area contributed by atoms with Gasteiger partial charge < -0.3 is 10.0 Å². The van der Waals surface area contributed by atoms with Crippen LogP contribution in [-0.2, 0) is 0 Å². The van der Waals surface area contributed by atoms with Crippen molar-refractivity contribution in [3.63, 3.8) is 0 Å². The smallest absolute Gasteiger partial charge is 0.430 e. The van der Waals surface area contributed by atoms with Crippen molar-refractivity contribution in [3.8, 4) is 0 Å². The summed E-state index contributed by atoms with van der Waals surface area (Å²) in [5, 5.41) is 16.9. The van der Waals surface area contributed by atoms with E-state index in [2.05, 4.69) is 48.5 Å². The molecule has 0 bridgehead atoms. The molecular weight excluding hydrogens is 163 g/mol. The van der Waals surface area contributed by atoms with Crippen LogP contribution in [0.5, 0.6) is 0 Å². The lowest BCUT2D eigenvalue weighted by Crippen LogP contribution is -1.75. The maximum atomic E-state index is 7.12. The van der Waals surface area contributed by atoms with Gasteiger partial charge in [-0.05, 0) is 10.8 Å². The molecule has 2 nitrogen and oxygen atoms in total. The molecule has 2 N–H and O–H groups in total. The highest BCUT2D eigenvalue weighted by molar-refractivity contribution is 6.13. The molecule has 0 atom stereocenters. The van der Waals surface area contributed by atoms with Gasteiger partial charge in [0.2, 0.25) is 0 Å². The Labute approximate surface area is 77.8 Å². The highest BCUT2D eigenvalue weighted by atomic mass is 16.4. The fourth-order valence-electron chi connectivity index (χ4n) is 1.13. The average molecular weight is 174 g/mol. The van der Waals surface area contributed by atoms with Crippen LogP contribution in [0.1, 0.15) is 0 Å². The third kappa shape index (κ3) is 2.90. The molecule has 3 heteroatoms. The van der Waals surface area contributed by atoms with E-state index in [1.54, 1.807) is 0 Å². The number of fused-ring (bicyclic) bond motifs is 1. The number of hydrogen-bond acceptors (Lipinski definition) is 2. The Morgan fingerprint density at radius 2 is 0.923 bits per heavy atom. The lowest BCUT2D eigenvalue weighted by Gasteiger charge is -1.92. The van der Waals surface area contributed by atoms with Crippen molar-refractivity contribution in [3.05, 3.63) is 48.5 Å². The van der Waals surface area contributed by atoms with Gasteiger partial charge in [-0.3, -0.25) is 0 Å². The van der Waals surface area contributed by atoms with Crippen LogP contribution in [0, 0.1) is 0 Å². The van der Waals surface area contributed by atoms with E-state index in [0.717, 1.165) is 0 Å². The Bertz CT molecular complexity index is 297. The Morgan fingerprint density at radius 3 is 1.15 bits per heavy atom. The molecular formula is C10H11BO2. The van der Waals surface area contributed by atoms with Gasteiger partial charge in [0.1, 0.15) is 0 Å². The lowest BCUT2D eigenvalue weighted by molar-refractivity contribution is 0.448. The van der Waals surface area contributed by atoms with Gasteiger partial charge in [0, 0.05) is 0 Å². The normalized spacial score (nSPS) is 8.77. The van der Waals surface area contributed by atoms with Gasteiger partial charge in [0.05, 0.1) is 0 Å². The standard InChI is InChI=1S/C10H8.BH3O2/c1-2-6-10-8-4-3-7-9(10)5-1;2-1-3/h1-8H;1-3H. The van der Waals surface area contributed by atoms with Crippen LogP contribution in [0.15, 0.2) is 48.5 Å². The minimum Gasteiger partial charge on any atom is -0.430 e. The third-order valence-electron chi connectivity index (χ3n) is 1.66. The molecule has 0 aliphatic heterocycles. The average Bonchev–Trinajstić information content (AvgIpc) is 2.19. The zero-order valence-electron chi connectivity index (χ0n) is 7.22. The van der Waals surface area contributed by atoms with Crippen molar-refractivity contribution in [2.24, 2.45) is 0 Å². The maximum absolute atomic E-state index is 7.12. The molecule has 0 saturated carbocycles. The molecule has 2 aromatic carbocycles. The maximum Gasteiger partial charge on any atom is 0.432 e. The highest BCUT2D eigenvalue weighted by Crippen LogP contribution is 2.11. The summed E-state index contributed by atoms with van der Waals surface area (Å²) in [6.07, 6.45) is 0. The molecule has 13 heavy (non-hydrogen) atoms. The van der Waals surface area contributed by atoms with Gasteiger partial charge in [0.25, 0.3) is 0 Å². The van der Waals surface area contributed by atoms with Gasteiger partial charge in [0.15, 0.2) is 0 Å². The Balaban J connectivity index is 0.000000251. The minimum atomic E-state index is -0.750. The predicted octanol–water partition coefficient (Wildman–Crippen LogP) is 1.08. The van der Waals surface area contributed by atoms with Crippen LogP contribution in [0.3, 0.4) is 0 Å². The summed E-state index contributed by atoms with van der Waals surface area (Å²) >= 11 is 0. The van der Waals surface area contributed by atoms with Crippen molar-refractivity contribution in [1.82, 2.24) is 0 Å². The second-order valence-corrected chi connectivity index (χ2v) is 2.49. The van der Waals surface area contributed by atoms with E-state index in [0.29, 0.717) is 0 Å². The molecule has 0 heterocycles. The van der Waals surface area contributed by atoms with Gasteiger partial charge >= 0.3 is 7.69 Å². The van der Waals surface area contributed by atoms with Crippen LogP contribution in [0.25, 0.3) is 10.8 Å². The third-order valence-corrected chi connectivity index (χ3v) is 1.66. The molecule has 0 saturated heterocycles. The SMILES string of the molecule is OBO.c1ccc2ccccc2c1. The van der Waals surface area contributed by atoms with Crippen LogP contribution < -0.4 is 0 Å². The zero-order valence-corrected chi connectivity index (χ0v) is 7.22. The summed E-state index contributed by atoms with van der Waals surface area (Å²) in [4.78, 5) is 0. The van der Waals surface area contributed by atoms with Crippen LogP contribution >= 0.6 is 0 Å². The van der Waals surface area contributed by atoms with E-state index in [1.807, 2.05) is 0 Å². The Kier molecular flexibility index (Phi) is 4.02. The van der Waals surface area contributed by atoms with Crippen molar-refractivity contribution in [1.29, 1.82) is 0 Å². The van der Waals surface area contributed by atoms with Crippen molar-refractivity contribution in [2.45, 2.75) is 0 Å². The van der Waals surface area contributed by atoms with Crippen molar-refractivity contribution >= 4 is 18.5 Å². The number of benzene rings is 2. The predicted molar refractivity (Wildman–Crippen MR) is 55.5 cm³/mol. The molecule has 2 aromatic rings. The van der Waals surface area contributed by atoms with E-state index < -0.39 is 7.69 Å². The lowest BCUT2D eigenvalue weighted by atomic mass is 10.1. The molecule has 0 unspecified atom stereocenters. The van der Waals surface area contributed by atoms with Gasteiger partial charge in [-0.1, -0.05) is 48.5 Å². The van der Waals surface area contributed by atoms with E-state index in [4.69, 9.17) is 10.0 Å². The Morgan fingerprint density at radius 1 is 0.692 bits per heavy atom. The number of hydrogen-bond donors (Lipinski definition) is 2. The van der Waals surface area contributed by atoms with Gasteiger partial charge in [-0.15, -0.1) is 0 Å². The quantitative estimate of drug-likeness (QED) is 0.586. The summed E-state index contributed by atoms with van der Waals surface area (Å²) < 4.78 is 0. The summed E-state index contributed by atoms with van der Waals surface area (Å²) in [6, 6.07) is 16.7. The second kappa shape index (κ2) is 5.35. The van der Waals surface area contributed by atoms with Crippen LogP contribution in [-0.4, -0.2) is 17.7 Å². The monoisotopic (exact) mass is 174 g/mol. The highest BCUT2D eigenvalue weighted by Gasteiger charge is 1.85. The molecule has 66 valence electrons. The van der Waals surface area contributed by atoms with Crippen molar-refractivity contribution < 1.29 is 10.0 Å². The molecule has 0 spiro atoms. The molecule has 0 aromatic heterocycles. The van der Waals surface area contributed by atoms with Crippen molar-refractivity contribution in [2.75, 3.05) is 0 Å².